The second-order valence-electron chi connectivity index (χ2n) is 7.62. The van der Waals surface area contributed by atoms with Crippen LogP contribution in [0.3, 0.4) is 0 Å². The third kappa shape index (κ3) is 4.72. The number of hydrogen-bond acceptors (Lipinski definition) is 6. The molecule has 1 aromatic carbocycles. The highest BCUT2D eigenvalue weighted by Crippen LogP contribution is 2.21. The van der Waals surface area contributed by atoms with Crippen molar-refractivity contribution in [3.8, 4) is 5.75 Å². The first kappa shape index (κ1) is 20.9. The Labute approximate surface area is 180 Å². The van der Waals surface area contributed by atoms with Crippen LogP contribution in [-0.4, -0.2) is 40.6 Å². The van der Waals surface area contributed by atoms with Crippen LogP contribution in [0.25, 0.3) is 0 Å². The summed E-state index contributed by atoms with van der Waals surface area (Å²) in [7, 11) is 1.62. The van der Waals surface area contributed by atoms with Crippen LogP contribution in [0, 0.1) is 6.92 Å². The summed E-state index contributed by atoms with van der Waals surface area (Å²) < 4.78 is 12.6. The van der Waals surface area contributed by atoms with E-state index in [9.17, 15) is 9.59 Å². The van der Waals surface area contributed by atoms with Gasteiger partial charge in [0.15, 0.2) is 5.78 Å². The number of ether oxygens (including phenoxy) is 2. The van der Waals surface area contributed by atoms with E-state index in [4.69, 9.17) is 9.47 Å². The van der Waals surface area contributed by atoms with Gasteiger partial charge in [0.1, 0.15) is 5.75 Å². The Morgan fingerprint density at radius 2 is 1.90 bits per heavy atom. The number of nitrogens with zero attached hydrogens (tertiary/aromatic N) is 3. The fourth-order valence-corrected chi connectivity index (χ4v) is 3.86. The van der Waals surface area contributed by atoms with Crippen LogP contribution >= 0.6 is 0 Å². The molecule has 31 heavy (non-hydrogen) atoms. The average Bonchev–Trinajstić information content (AvgIpc) is 3.03. The monoisotopic (exact) mass is 419 g/mol. The Bertz CT molecular complexity index is 1140. The maximum Gasteiger partial charge on any atom is 0.251 e. The van der Waals surface area contributed by atoms with Crippen LogP contribution in [0.1, 0.15) is 38.6 Å². The van der Waals surface area contributed by atoms with E-state index in [0.29, 0.717) is 43.9 Å². The Kier molecular flexibility index (Phi) is 6.23. The number of rotatable bonds is 6. The summed E-state index contributed by atoms with van der Waals surface area (Å²) in [5.41, 5.74) is 4.44. The maximum absolute atomic E-state index is 13.1. The summed E-state index contributed by atoms with van der Waals surface area (Å²) in [4.78, 5) is 34.7. The average molecular weight is 419 g/mol. The zero-order valence-corrected chi connectivity index (χ0v) is 17.8. The Balaban J connectivity index is 1.70. The predicted octanol–water partition coefficient (Wildman–Crippen LogP) is 2.54. The van der Waals surface area contributed by atoms with Gasteiger partial charge in [0.05, 0.1) is 44.7 Å². The van der Waals surface area contributed by atoms with E-state index in [1.54, 1.807) is 24.1 Å². The number of hydrogen-bond donors (Lipinski definition) is 0. The minimum absolute atomic E-state index is 0.114. The zero-order chi connectivity index (χ0) is 21.8. The third-order valence-corrected chi connectivity index (χ3v) is 5.49. The van der Waals surface area contributed by atoms with Gasteiger partial charge in [-0.3, -0.25) is 19.6 Å². The lowest BCUT2D eigenvalue weighted by molar-refractivity contribution is 0.0990. The van der Waals surface area contributed by atoms with Crippen molar-refractivity contribution in [2.45, 2.75) is 32.7 Å². The number of fused-ring (bicyclic) bond motifs is 1. The lowest BCUT2D eigenvalue weighted by Crippen LogP contribution is -2.28. The van der Waals surface area contributed by atoms with Crippen molar-refractivity contribution in [2.75, 3.05) is 20.3 Å². The number of aryl methyl sites for hydroxylation is 1. The van der Waals surface area contributed by atoms with Crippen LogP contribution in [0.4, 0.5) is 0 Å². The number of carbonyl (C=O) groups excluding carboxylic acids is 1. The number of ketones is 1. The second-order valence-corrected chi connectivity index (χ2v) is 7.62. The summed E-state index contributed by atoms with van der Waals surface area (Å²) in [6.45, 7) is 3.33. The molecule has 0 atom stereocenters. The van der Waals surface area contributed by atoms with Crippen LogP contribution in [-0.2, 0) is 30.5 Å². The normalized spacial score (nSPS) is 13.4. The summed E-state index contributed by atoms with van der Waals surface area (Å²) in [6, 6.07) is 9.11. The first-order valence-corrected chi connectivity index (χ1v) is 10.3. The van der Waals surface area contributed by atoms with Crippen molar-refractivity contribution in [1.29, 1.82) is 0 Å². The van der Waals surface area contributed by atoms with Gasteiger partial charge in [0, 0.05) is 36.1 Å². The van der Waals surface area contributed by atoms with Gasteiger partial charge in [-0.15, -0.1) is 0 Å². The molecule has 0 aliphatic carbocycles. The summed E-state index contributed by atoms with van der Waals surface area (Å²) in [6.07, 6.45) is 4.55. The molecule has 4 rings (SSSR count). The molecule has 0 radical (unpaired) electrons. The zero-order valence-electron chi connectivity index (χ0n) is 17.8. The Morgan fingerprint density at radius 3 is 2.61 bits per heavy atom. The van der Waals surface area contributed by atoms with Crippen molar-refractivity contribution in [3.05, 3.63) is 86.9 Å². The van der Waals surface area contributed by atoms with E-state index < -0.39 is 0 Å². The third-order valence-electron chi connectivity index (χ3n) is 5.49. The molecular formula is C24H25N3O4. The molecular weight excluding hydrogens is 394 g/mol. The highest BCUT2D eigenvalue weighted by Gasteiger charge is 2.22. The standard InChI is InChI=1S/C24H25N3O4/c1-16-13-26-18(14-25-16)11-23(28)21-12-24(29)27(22-8-10-31-9-7-20(21)22)15-17-3-5-19(30-2)6-4-17/h3-6,12-14H,7-11,15H2,1-2H3. The minimum Gasteiger partial charge on any atom is -0.497 e. The number of aromatic nitrogens is 3. The predicted molar refractivity (Wildman–Crippen MR) is 116 cm³/mol. The molecule has 0 bridgehead atoms. The van der Waals surface area contributed by atoms with Gasteiger partial charge in [-0.05, 0) is 36.6 Å². The van der Waals surface area contributed by atoms with Crippen molar-refractivity contribution in [3.63, 3.8) is 0 Å². The van der Waals surface area contributed by atoms with Crippen molar-refractivity contribution in [2.24, 2.45) is 0 Å². The fourth-order valence-electron chi connectivity index (χ4n) is 3.86. The Hall–Kier alpha value is -3.32. The fraction of sp³-hybridized carbons (Fsp3) is 0.333. The molecule has 0 fully saturated rings. The van der Waals surface area contributed by atoms with Crippen LogP contribution in [0.5, 0.6) is 5.75 Å². The number of methoxy groups -OCH3 is 1. The van der Waals surface area contributed by atoms with Crippen molar-refractivity contribution in [1.82, 2.24) is 14.5 Å². The number of carbonyl (C=O) groups is 1. The van der Waals surface area contributed by atoms with Crippen LogP contribution in [0.15, 0.2) is 47.5 Å². The van der Waals surface area contributed by atoms with Gasteiger partial charge in [-0.25, -0.2) is 0 Å². The molecule has 7 nitrogen and oxygen atoms in total. The molecule has 2 aromatic heterocycles. The van der Waals surface area contributed by atoms with Gasteiger partial charge in [0.25, 0.3) is 5.56 Å². The van der Waals surface area contributed by atoms with Gasteiger partial charge in [-0.2, -0.15) is 0 Å². The smallest absolute Gasteiger partial charge is 0.251 e. The van der Waals surface area contributed by atoms with E-state index in [2.05, 4.69) is 9.97 Å². The molecule has 0 saturated heterocycles. The summed E-state index contributed by atoms with van der Waals surface area (Å²) >= 11 is 0. The second kappa shape index (κ2) is 9.22. The molecule has 0 amide bonds. The highest BCUT2D eigenvalue weighted by molar-refractivity contribution is 5.98. The minimum atomic E-state index is -0.185. The first-order valence-electron chi connectivity index (χ1n) is 10.3. The molecule has 3 aromatic rings. The topological polar surface area (TPSA) is 83.3 Å². The lowest BCUT2D eigenvalue weighted by atomic mass is 9.96. The molecule has 0 N–H and O–H groups in total. The number of Topliss-reactive ketones (excluding diaryl/α,β-unsaturated/α-hetero) is 1. The van der Waals surface area contributed by atoms with Gasteiger partial charge in [0.2, 0.25) is 0 Å². The molecule has 0 unspecified atom stereocenters. The number of pyridine rings is 1. The molecule has 0 spiro atoms. The molecule has 0 saturated carbocycles. The Morgan fingerprint density at radius 1 is 1.13 bits per heavy atom. The van der Waals surface area contributed by atoms with Crippen LogP contribution in [0.2, 0.25) is 0 Å². The van der Waals surface area contributed by atoms with Gasteiger partial charge < -0.3 is 14.0 Å². The highest BCUT2D eigenvalue weighted by atomic mass is 16.5. The van der Waals surface area contributed by atoms with E-state index in [-0.39, 0.29) is 17.8 Å². The quantitative estimate of drug-likeness (QED) is 0.571. The summed E-state index contributed by atoms with van der Waals surface area (Å²) in [5.74, 6) is 0.647. The molecule has 3 heterocycles. The van der Waals surface area contributed by atoms with E-state index in [1.807, 2.05) is 31.2 Å². The molecule has 160 valence electrons. The summed E-state index contributed by atoms with van der Waals surface area (Å²) in [5, 5.41) is 0. The number of benzene rings is 1. The molecule has 7 heteroatoms. The van der Waals surface area contributed by atoms with Crippen LogP contribution < -0.4 is 10.3 Å². The van der Waals surface area contributed by atoms with E-state index in [1.165, 1.54) is 6.07 Å². The van der Waals surface area contributed by atoms with Crippen molar-refractivity contribution < 1.29 is 14.3 Å². The first-order chi connectivity index (χ1) is 15.0. The molecule has 1 aliphatic rings. The van der Waals surface area contributed by atoms with E-state index in [0.717, 1.165) is 28.3 Å². The SMILES string of the molecule is COc1ccc(Cn2c3c(c(C(=O)Cc4cnc(C)cn4)cc2=O)CCOCC3)cc1. The molecule has 1 aliphatic heterocycles. The largest absolute Gasteiger partial charge is 0.497 e. The van der Waals surface area contributed by atoms with Gasteiger partial charge >= 0.3 is 0 Å². The van der Waals surface area contributed by atoms with Gasteiger partial charge in [-0.1, -0.05) is 12.1 Å². The van der Waals surface area contributed by atoms with Crippen molar-refractivity contribution >= 4 is 5.78 Å². The maximum atomic E-state index is 13.1. The lowest BCUT2D eigenvalue weighted by Gasteiger charge is -2.18. The van der Waals surface area contributed by atoms with E-state index >= 15 is 0 Å².